The number of amides is 1. The number of hydrogen-bond acceptors (Lipinski definition) is 6. The fraction of sp³-hybridized carbons (Fsp3) is 0.370. The first-order chi connectivity index (χ1) is 16.5. The van der Waals surface area contributed by atoms with E-state index in [-0.39, 0.29) is 12.3 Å². The first kappa shape index (κ1) is 23.7. The molecule has 34 heavy (non-hydrogen) atoms. The smallest absolute Gasteiger partial charge is 0.228 e. The zero-order valence-electron chi connectivity index (χ0n) is 20.1. The molecule has 3 aromatic rings. The third kappa shape index (κ3) is 5.91. The van der Waals surface area contributed by atoms with Gasteiger partial charge in [-0.05, 0) is 75.7 Å². The number of nitrogens with one attached hydrogen (secondary N) is 1. The Morgan fingerprint density at radius 3 is 2.41 bits per heavy atom. The van der Waals surface area contributed by atoms with E-state index in [4.69, 9.17) is 9.47 Å². The van der Waals surface area contributed by atoms with E-state index in [0.29, 0.717) is 12.3 Å². The normalized spacial score (nSPS) is 13.6. The van der Waals surface area contributed by atoms with Crippen molar-refractivity contribution in [1.82, 2.24) is 14.9 Å². The van der Waals surface area contributed by atoms with E-state index in [1.807, 2.05) is 56.3 Å². The Morgan fingerprint density at radius 2 is 1.74 bits per heavy atom. The molecule has 1 saturated heterocycles. The number of carbonyl (C=O) groups excluding carboxylic acids is 1. The SMILES string of the molecule is COc1ccc(CC(=O)Nc2ccc(OCCN3CCCC3)c(-c3c(C)ncnc3C)c2)cc1. The van der Waals surface area contributed by atoms with Crippen LogP contribution in [0, 0.1) is 13.8 Å². The average Bonchev–Trinajstić information content (AvgIpc) is 3.34. The van der Waals surface area contributed by atoms with Crippen LogP contribution in [0.4, 0.5) is 5.69 Å². The molecular weight excluding hydrogens is 428 g/mol. The lowest BCUT2D eigenvalue weighted by Gasteiger charge is -2.18. The van der Waals surface area contributed by atoms with E-state index >= 15 is 0 Å². The molecule has 178 valence electrons. The van der Waals surface area contributed by atoms with Crippen molar-refractivity contribution in [2.24, 2.45) is 0 Å². The Labute approximate surface area is 201 Å². The number of aryl methyl sites for hydroxylation is 2. The molecule has 1 aromatic heterocycles. The van der Waals surface area contributed by atoms with Crippen LogP contribution in [-0.4, -0.2) is 54.1 Å². The Kier molecular flexibility index (Phi) is 7.75. The topological polar surface area (TPSA) is 76.6 Å². The summed E-state index contributed by atoms with van der Waals surface area (Å²) < 4.78 is 11.4. The molecule has 1 amide bonds. The highest BCUT2D eigenvalue weighted by Crippen LogP contribution is 2.35. The van der Waals surface area contributed by atoms with Gasteiger partial charge in [0.15, 0.2) is 0 Å². The summed E-state index contributed by atoms with van der Waals surface area (Å²) in [6.45, 7) is 7.73. The molecule has 0 saturated carbocycles. The Balaban J connectivity index is 1.52. The van der Waals surface area contributed by atoms with Crippen LogP contribution in [0.2, 0.25) is 0 Å². The molecule has 1 aliphatic heterocycles. The second kappa shape index (κ2) is 11.1. The van der Waals surface area contributed by atoms with Crippen LogP contribution in [-0.2, 0) is 11.2 Å². The van der Waals surface area contributed by atoms with Crippen LogP contribution in [0.25, 0.3) is 11.1 Å². The number of carbonyl (C=O) groups is 1. The third-order valence-electron chi connectivity index (χ3n) is 6.15. The van der Waals surface area contributed by atoms with Crippen molar-refractivity contribution in [1.29, 1.82) is 0 Å². The van der Waals surface area contributed by atoms with Gasteiger partial charge in [-0.1, -0.05) is 12.1 Å². The number of benzene rings is 2. The van der Waals surface area contributed by atoms with Crippen molar-refractivity contribution in [2.75, 3.05) is 38.7 Å². The van der Waals surface area contributed by atoms with Crippen molar-refractivity contribution in [3.63, 3.8) is 0 Å². The quantitative estimate of drug-likeness (QED) is 0.509. The Hall–Kier alpha value is -3.45. The van der Waals surface area contributed by atoms with Crippen LogP contribution in [0.3, 0.4) is 0 Å². The lowest BCUT2D eigenvalue weighted by atomic mass is 10.0. The number of nitrogens with zero attached hydrogens (tertiary/aromatic N) is 3. The molecule has 0 bridgehead atoms. The first-order valence-corrected chi connectivity index (χ1v) is 11.7. The van der Waals surface area contributed by atoms with Crippen LogP contribution in [0.15, 0.2) is 48.8 Å². The highest BCUT2D eigenvalue weighted by molar-refractivity contribution is 5.93. The van der Waals surface area contributed by atoms with Crippen LogP contribution in [0.1, 0.15) is 29.8 Å². The fourth-order valence-corrected chi connectivity index (χ4v) is 4.34. The summed E-state index contributed by atoms with van der Waals surface area (Å²) in [5.74, 6) is 1.45. The largest absolute Gasteiger partial charge is 0.497 e. The van der Waals surface area contributed by atoms with Crippen molar-refractivity contribution in [2.45, 2.75) is 33.1 Å². The number of likely N-dealkylation sites (tertiary alicyclic amines) is 1. The van der Waals surface area contributed by atoms with Crippen molar-refractivity contribution in [3.05, 3.63) is 65.7 Å². The Morgan fingerprint density at radius 1 is 1.03 bits per heavy atom. The van der Waals surface area contributed by atoms with Crippen LogP contribution < -0.4 is 14.8 Å². The van der Waals surface area contributed by atoms with Gasteiger partial charge in [-0.3, -0.25) is 9.69 Å². The van der Waals surface area contributed by atoms with Gasteiger partial charge in [-0.2, -0.15) is 0 Å². The predicted octanol–water partition coefficient (Wildman–Crippen LogP) is 4.42. The zero-order chi connectivity index (χ0) is 23.9. The molecule has 2 aromatic carbocycles. The highest BCUT2D eigenvalue weighted by Gasteiger charge is 2.17. The first-order valence-electron chi connectivity index (χ1n) is 11.7. The molecule has 1 fully saturated rings. The summed E-state index contributed by atoms with van der Waals surface area (Å²) >= 11 is 0. The minimum atomic E-state index is -0.0865. The number of rotatable bonds is 9. The summed E-state index contributed by atoms with van der Waals surface area (Å²) in [4.78, 5) is 23.9. The van der Waals surface area contributed by atoms with Crippen molar-refractivity contribution < 1.29 is 14.3 Å². The van der Waals surface area contributed by atoms with Gasteiger partial charge in [0, 0.05) is 34.7 Å². The van der Waals surface area contributed by atoms with Gasteiger partial charge in [-0.15, -0.1) is 0 Å². The second-order valence-electron chi connectivity index (χ2n) is 8.60. The monoisotopic (exact) mass is 460 g/mol. The highest BCUT2D eigenvalue weighted by atomic mass is 16.5. The van der Waals surface area contributed by atoms with E-state index < -0.39 is 0 Å². The standard InChI is InChI=1S/C27H32N4O3/c1-19-27(20(2)29-18-28-19)24-17-22(8-11-25(24)34-15-14-31-12-4-5-13-31)30-26(32)16-21-6-9-23(33-3)10-7-21/h6-11,17-18H,4-5,12-16H2,1-3H3,(H,30,32). The lowest BCUT2D eigenvalue weighted by molar-refractivity contribution is -0.115. The number of hydrogen-bond donors (Lipinski definition) is 1. The molecule has 1 aliphatic rings. The maximum absolute atomic E-state index is 12.7. The minimum absolute atomic E-state index is 0.0865. The summed E-state index contributed by atoms with van der Waals surface area (Å²) in [5, 5.41) is 3.02. The van der Waals surface area contributed by atoms with E-state index in [1.165, 1.54) is 12.8 Å². The molecule has 0 unspecified atom stereocenters. The zero-order valence-corrected chi connectivity index (χ0v) is 20.1. The predicted molar refractivity (Wildman–Crippen MR) is 133 cm³/mol. The van der Waals surface area contributed by atoms with Crippen molar-refractivity contribution in [3.8, 4) is 22.6 Å². The summed E-state index contributed by atoms with van der Waals surface area (Å²) in [6.07, 6.45) is 4.37. The van der Waals surface area contributed by atoms with Crippen molar-refractivity contribution >= 4 is 11.6 Å². The molecule has 1 N–H and O–H groups in total. The van der Waals surface area contributed by atoms with Crippen LogP contribution in [0.5, 0.6) is 11.5 Å². The van der Waals surface area contributed by atoms with E-state index in [0.717, 1.165) is 59.2 Å². The van der Waals surface area contributed by atoms with E-state index in [1.54, 1.807) is 13.4 Å². The van der Waals surface area contributed by atoms with Gasteiger partial charge in [0.25, 0.3) is 0 Å². The number of ether oxygens (including phenoxy) is 2. The minimum Gasteiger partial charge on any atom is -0.497 e. The maximum Gasteiger partial charge on any atom is 0.228 e. The average molecular weight is 461 g/mol. The summed E-state index contributed by atoms with van der Waals surface area (Å²) in [7, 11) is 1.63. The fourth-order valence-electron chi connectivity index (χ4n) is 4.34. The van der Waals surface area contributed by atoms with Gasteiger partial charge in [0.1, 0.15) is 24.4 Å². The molecular formula is C27H32N4O3. The molecule has 4 rings (SSSR count). The lowest BCUT2D eigenvalue weighted by Crippen LogP contribution is -2.25. The van der Waals surface area contributed by atoms with Gasteiger partial charge >= 0.3 is 0 Å². The number of anilines is 1. The second-order valence-corrected chi connectivity index (χ2v) is 8.60. The van der Waals surface area contributed by atoms with E-state index in [2.05, 4.69) is 20.2 Å². The third-order valence-corrected chi connectivity index (χ3v) is 6.15. The molecule has 0 spiro atoms. The van der Waals surface area contributed by atoms with E-state index in [9.17, 15) is 4.79 Å². The van der Waals surface area contributed by atoms with Crippen LogP contribution >= 0.6 is 0 Å². The summed E-state index contributed by atoms with van der Waals surface area (Å²) in [5.41, 5.74) is 5.20. The Bertz CT molecular complexity index is 1100. The summed E-state index contributed by atoms with van der Waals surface area (Å²) in [6, 6.07) is 13.3. The molecule has 7 nitrogen and oxygen atoms in total. The van der Waals surface area contributed by atoms with Gasteiger partial charge in [0.2, 0.25) is 5.91 Å². The molecule has 2 heterocycles. The number of methoxy groups -OCH3 is 1. The molecule has 0 radical (unpaired) electrons. The molecule has 7 heteroatoms. The van der Waals surface area contributed by atoms with Gasteiger partial charge in [-0.25, -0.2) is 9.97 Å². The molecule has 0 aliphatic carbocycles. The maximum atomic E-state index is 12.7. The van der Waals surface area contributed by atoms with Gasteiger partial charge < -0.3 is 14.8 Å². The number of aromatic nitrogens is 2. The van der Waals surface area contributed by atoms with Gasteiger partial charge in [0.05, 0.1) is 13.5 Å². The molecule has 0 atom stereocenters.